The Morgan fingerprint density at radius 1 is 0.600 bits per heavy atom. The molecule has 2 aliphatic rings. The Bertz CT molecular complexity index is 397. The summed E-state index contributed by atoms with van der Waals surface area (Å²) in [6.07, 6.45) is 18.4. The van der Waals surface area contributed by atoms with Gasteiger partial charge < -0.3 is 0 Å². The van der Waals surface area contributed by atoms with Gasteiger partial charge in [-0.1, -0.05) is 101 Å². The zero-order valence-corrected chi connectivity index (χ0v) is 15.2. The van der Waals surface area contributed by atoms with E-state index in [0.717, 1.165) is 24.0 Å². The standard InChI is InChI=1S/C13H24.C6H6.2CHNO/c1-3-7-12(8-4-1)11-13-9-5-2-6-10-13;1-2-4-6-5-3-1;2*2-1-3/h12-13H,1-11H2;1-6H;2*2H. The highest BCUT2D eigenvalue weighted by Crippen LogP contribution is 2.34. The fraction of sp³-hybridized carbons (Fsp3) is 0.619. The van der Waals surface area contributed by atoms with E-state index in [0.29, 0.717) is 0 Å². The van der Waals surface area contributed by atoms with Crippen molar-refractivity contribution in [2.45, 2.75) is 70.6 Å². The summed E-state index contributed by atoms with van der Waals surface area (Å²) in [7, 11) is 0. The maximum atomic E-state index is 8.35. The summed E-state index contributed by atoms with van der Waals surface area (Å²) in [6, 6.07) is 12.0. The van der Waals surface area contributed by atoms with Crippen LogP contribution in [0.15, 0.2) is 36.4 Å². The number of benzene rings is 1. The van der Waals surface area contributed by atoms with Crippen LogP contribution in [-0.2, 0) is 9.59 Å². The summed E-state index contributed by atoms with van der Waals surface area (Å²) in [5, 5.41) is 10.8. The third-order valence-electron chi connectivity index (χ3n) is 4.78. The minimum Gasteiger partial charge on any atom is -0.222 e. The van der Waals surface area contributed by atoms with Crippen LogP contribution in [0.4, 0.5) is 0 Å². The summed E-state index contributed by atoms with van der Waals surface area (Å²) in [6.45, 7) is 0. The van der Waals surface area contributed by atoms with E-state index in [-0.39, 0.29) is 0 Å². The highest BCUT2D eigenvalue weighted by Gasteiger charge is 2.20. The normalized spacial score (nSPS) is 17.0. The smallest absolute Gasteiger partial charge is 0.222 e. The number of hydrogen-bond donors (Lipinski definition) is 2. The average molecular weight is 344 g/mol. The van der Waals surface area contributed by atoms with E-state index in [2.05, 4.69) is 0 Å². The summed E-state index contributed by atoms with van der Waals surface area (Å²) < 4.78 is 0. The minimum atomic E-state index is 0.750. The van der Waals surface area contributed by atoms with E-state index in [1.165, 1.54) is 38.5 Å². The highest BCUT2D eigenvalue weighted by molar-refractivity contribution is 5.26. The predicted molar refractivity (Wildman–Crippen MR) is 101 cm³/mol. The van der Waals surface area contributed by atoms with E-state index in [9.17, 15) is 0 Å². The number of rotatable bonds is 2. The van der Waals surface area contributed by atoms with Gasteiger partial charge in [-0.25, -0.2) is 20.4 Å². The zero-order valence-electron chi connectivity index (χ0n) is 15.2. The van der Waals surface area contributed by atoms with Gasteiger partial charge in [0.1, 0.15) is 0 Å². The van der Waals surface area contributed by atoms with Crippen LogP contribution in [0, 0.1) is 22.7 Å². The SMILES string of the molecule is C1CCC(CC2CCCCC2)CC1.N=C=O.N=C=O.c1ccccc1. The van der Waals surface area contributed by atoms with E-state index < -0.39 is 0 Å². The van der Waals surface area contributed by atoms with Crippen LogP contribution in [0.25, 0.3) is 0 Å². The molecule has 138 valence electrons. The Labute approximate surface area is 152 Å². The van der Waals surface area contributed by atoms with Gasteiger partial charge in [0.15, 0.2) is 0 Å². The van der Waals surface area contributed by atoms with Gasteiger partial charge in [0, 0.05) is 0 Å². The van der Waals surface area contributed by atoms with Gasteiger partial charge in [-0.15, -0.1) is 0 Å². The predicted octanol–water partition coefficient (Wildman–Crippen LogP) is 6.03. The van der Waals surface area contributed by atoms with Gasteiger partial charge >= 0.3 is 0 Å². The topological polar surface area (TPSA) is 81.8 Å². The van der Waals surface area contributed by atoms with Gasteiger partial charge in [0.05, 0.1) is 0 Å². The van der Waals surface area contributed by atoms with Crippen LogP contribution in [0.5, 0.6) is 0 Å². The molecule has 1 aromatic rings. The molecule has 0 heterocycles. The lowest BCUT2D eigenvalue weighted by Gasteiger charge is -2.28. The second-order valence-electron chi connectivity index (χ2n) is 6.60. The Kier molecular flexibility index (Phi) is 16.8. The van der Waals surface area contributed by atoms with Crippen LogP contribution >= 0.6 is 0 Å². The molecule has 0 aliphatic heterocycles. The first-order valence-corrected chi connectivity index (χ1v) is 9.36. The van der Waals surface area contributed by atoms with Crippen molar-refractivity contribution >= 4 is 12.2 Å². The maximum Gasteiger partial charge on any atom is 0.231 e. The summed E-state index contributed by atoms with van der Waals surface area (Å²) in [5.41, 5.74) is 0. The molecule has 0 unspecified atom stereocenters. The van der Waals surface area contributed by atoms with Crippen LogP contribution in [-0.4, -0.2) is 12.2 Å². The van der Waals surface area contributed by atoms with Gasteiger partial charge in [-0.05, 0) is 18.3 Å². The van der Waals surface area contributed by atoms with Crippen molar-refractivity contribution in [1.82, 2.24) is 0 Å². The third-order valence-corrected chi connectivity index (χ3v) is 4.78. The van der Waals surface area contributed by atoms with Crippen molar-refractivity contribution < 1.29 is 9.59 Å². The number of nitrogens with one attached hydrogen (secondary N) is 2. The minimum absolute atomic E-state index is 0.750. The van der Waals surface area contributed by atoms with Crippen LogP contribution < -0.4 is 0 Å². The largest absolute Gasteiger partial charge is 0.231 e. The summed E-state index contributed by atoms with van der Waals surface area (Å²) >= 11 is 0. The Morgan fingerprint density at radius 3 is 1.08 bits per heavy atom. The second-order valence-corrected chi connectivity index (χ2v) is 6.60. The monoisotopic (exact) mass is 344 g/mol. The molecule has 2 saturated carbocycles. The molecule has 4 heteroatoms. The molecule has 25 heavy (non-hydrogen) atoms. The average Bonchev–Trinajstić information content (AvgIpc) is 2.67. The molecule has 0 bridgehead atoms. The van der Waals surface area contributed by atoms with Gasteiger partial charge in [-0.3, -0.25) is 0 Å². The van der Waals surface area contributed by atoms with Crippen molar-refractivity contribution in [3.63, 3.8) is 0 Å². The van der Waals surface area contributed by atoms with E-state index in [1.54, 1.807) is 32.1 Å². The Hall–Kier alpha value is -2.02. The molecule has 0 spiro atoms. The molecule has 0 saturated heterocycles. The van der Waals surface area contributed by atoms with Gasteiger partial charge in [0.2, 0.25) is 12.2 Å². The molecular weight excluding hydrogens is 312 g/mol. The molecule has 3 rings (SSSR count). The zero-order chi connectivity index (χ0) is 18.6. The Balaban J connectivity index is 0.000000399. The van der Waals surface area contributed by atoms with E-state index in [1.807, 2.05) is 36.4 Å². The van der Waals surface area contributed by atoms with Crippen LogP contribution in [0.3, 0.4) is 0 Å². The molecule has 2 N–H and O–H groups in total. The van der Waals surface area contributed by atoms with E-state index >= 15 is 0 Å². The van der Waals surface area contributed by atoms with Crippen molar-refractivity contribution in [2.24, 2.45) is 11.8 Å². The van der Waals surface area contributed by atoms with Gasteiger partial charge in [0.25, 0.3) is 0 Å². The lowest BCUT2D eigenvalue weighted by Crippen LogP contribution is -2.14. The molecule has 0 amide bonds. The molecule has 4 nitrogen and oxygen atoms in total. The van der Waals surface area contributed by atoms with Crippen LogP contribution in [0.1, 0.15) is 70.6 Å². The second kappa shape index (κ2) is 18.3. The molecule has 0 radical (unpaired) electrons. The first kappa shape index (κ1) is 23.0. The summed E-state index contributed by atoms with van der Waals surface area (Å²) in [4.78, 5) is 16.7. The first-order valence-electron chi connectivity index (χ1n) is 9.36. The molecular formula is C21H32N2O2. The first-order chi connectivity index (χ1) is 12.3. The van der Waals surface area contributed by atoms with E-state index in [4.69, 9.17) is 20.4 Å². The van der Waals surface area contributed by atoms with Crippen molar-refractivity contribution in [3.05, 3.63) is 36.4 Å². The number of hydrogen-bond acceptors (Lipinski definition) is 4. The molecule has 2 fully saturated rings. The number of carbonyl (C=O) groups excluding carboxylic acids is 2. The Morgan fingerprint density at radius 2 is 0.840 bits per heavy atom. The lowest BCUT2D eigenvalue weighted by atomic mass is 9.78. The van der Waals surface area contributed by atoms with Crippen molar-refractivity contribution in [3.8, 4) is 0 Å². The van der Waals surface area contributed by atoms with Crippen molar-refractivity contribution in [2.75, 3.05) is 0 Å². The third kappa shape index (κ3) is 15.3. The maximum absolute atomic E-state index is 8.35. The number of isocyanates is 2. The summed E-state index contributed by atoms with van der Waals surface area (Å²) in [5.74, 6) is 2.24. The lowest BCUT2D eigenvalue weighted by molar-refractivity contribution is 0.244. The van der Waals surface area contributed by atoms with Gasteiger partial charge in [-0.2, -0.15) is 0 Å². The molecule has 0 atom stereocenters. The molecule has 1 aromatic carbocycles. The fourth-order valence-electron chi connectivity index (χ4n) is 3.70. The quantitative estimate of drug-likeness (QED) is 0.507. The fourth-order valence-corrected chi connectivity index (χ4v) is 3.70. The molecule has 0 aromatic heterocycles. The van der Waals surface area contributed by atoms with Crippen molar-refractivity contribution in [1.29, 1.82) is 10.8 Å². The molecule has 2 aliphatic carbocycles. The highest BCUT2D eigenvalue weighted by atomic mass is 16.1. The van der Waals surface area contributed by atoms with Crippen LogP contribution in [0.2, 0.25) is 0 Å².